The van der Waals surface area contributed by atoms with Gasteiger partial charge in [0.15, 0.2) is 5.12 Å². The Hall–Kier alpha value is -1.29. The average Bonchev–Trinajstić information content (AvgIpc) is 2.46. The Morgan fingerprint density at radius 1 is 1.35 bits per heavy atom. The summed E-state index contributed by atoms with van der Waals surface area (Å²) in [6, 6.07) is 10.1. The van der Waals surface area contributed by atoms with Crippen molar-refractivity contribution in [2.24, 2.45) is 5.92 Å². The molecule has 0 bridgehead atoms. The van der Waals surface area contributed by atoms with Gasteiger partial charge in [-0.25, -0.2) is 0 Å². The van der Waals surface area contributed by atoms with Gasteiger partial charge in [-0.1, -0.05) is 49.0 Å². The number of carbonyl (C=O) groups is 2. The van der Waals surface area contributed by atoms with Crippen LogP contribution in [0.5, 0.6) is 0 Å². The normalized spacial score (nSPS) is 22.4. The summed E-state index contributed by atoms with van der Waals surface area (Å²) in [5.74, 6) is 0.462. The van der Waals surface area contributed by atoms with E-state index in [9.17, 15) is 9.59 Å². The van der Waals surface area contributed by atoms with E-state index in [1.807, 2.05) is 25.1 Å². The maximum Gasteiger partial charge on any atom is 0.306 e. The van der Waals surface area contributed by atoms with Crippen molar-refractivity contribution in [2.75, 3.05) is 5.75 Å². The third-order valence-corrected chi connectivity index (χ3v) is 4.42. The number of esters is 1. The highest BCUT2D eigenvalue weighted by Gasteiger charge is 2.35. The van der Waals surface area contributed by atoms with E-state index in [1.165, 1.54) is 17.3 Å². The van der Waals surface area contributed by atoms with Crippen LogP contribution in [0.4, 0.5) is 0 Å². The average molecular weight is 292 g/mol. The first kappa shape index (κ1) is 15.1. The Kier molecular flexibility index (Phi) is 5.65. The van der Waals surface area contributed by atoms with E-state index < -0.39 is 0 Å². The molecule has 0 N–H and O–H groups in total. The van der Waals surface area contributed by atoms with Crippen LogP contribution in [0, 0.1) is 5.92 Å². The molecule has 3 nitrogen and oxygen atoms in total. The maximum absolute atomic E-state index is 12.1. The molecule has 0 radical (unpaired) electrons. The first-order valence-electron chi connectivity index (χ1n) is 7.10. The van der Waals surface area contributed by atoms with Crippen molar-refractivity contribution in [1.29, 1.82) is 0 Å². The summed E-state index contributed by atoms with van der Waals surface area (Å²) >= 11 is 1.33. The van der Waals surface area contributed by atoms with E-state index in [4.69, 9.17) is 4.74 Å². The predicted molar refractivity (Wildman–Crippen MR) is 80.5 cm³/mol. The third kappa shape index (κ3) is 4.10. The first-order valence-corrected chi connectivity index (χ1v) is 8.09. The highest BCUT2D eigenvalue weighted by Crippen LogP contribution is 2.29. The number of hydrogen-bond acceptors (Lipinski definition) is 4. The fraction of sp³-hybridized carbons (Fsp3) is 0.500. The molecule has 1 fully saturated rings. The van der Waals surface area contributed by atoms with Gasteiger partial charge in [0.1, 0.15) is 6.10 Å². The SMILES string of the molecule is CCSC(=O)[C@@H]1CCC(=O)O[C@@H]1CCc1ccccc1. The van der Waals surface area contributed by atoms with Gasteiger partial charge >= 0.3 is 5.97 Å². The third-order valence-electron chi connectivity index (χ3n) is 3.54. The second kappa shape index (κ2) is 7.48. The van der Waals surface area contributed by atoms with E-state index in [0.717, 1.165) is 18.6 Å². The van der Waals surface area contributed by atoms with Crippen molar-refractivity contribution >= 4 is 22.8 Å². The van der Waals surface area contributed by atoms with Crippen LogP contribution in [0.2, 0.25) is 0 Å². The lowest BCUT2D eigenvalue weighted by Gasteiger charge is -2.29. The number of thioether (sulfide) groups is 1. The summed E-state index contributed by atoms with van der Waals surface area (Å²) in [7, 11) is 0. The molecule has 4 heteroatoms. The topological polar surface area (TPSA) is 43.4 Å². The molecule has 0 unspecified atom stereocenters. The largest absolute Gasteiger partial charge is 0.462 e. The van der Waals surface area contributed by atoms with Crippen molar-refractivity contribution in [2.45, 2.75) is 38.7 Å². The molecule has 1 saturated heterocycles. The molecule has 0 spiro atoms. The van der Waals surface area contributed by atoms with Crippen LogP contribution < -0.4 is 0 Å². The molecule has 1 aliphatic heterocycles. The Bertz CT molecular complexity index is 458. The zero-order valence-corrected chi connectivity index (χ0v) is 12.5. The van der Waals surface area contributed by atoms with Gasteiger partial charge in [0.05, 0.1) is 5.92 Å². The summed E-state index contributed by atoms with van der Waals surface area (Å²) in [4.78, 5) is 23.6. The molecule has 0 aliphatic carbocycles. The van der Waals surface area contributed by atoms with Crippen molar-refractivity contribution in [3.8, 4) is 0 Å². The lowest BCUT2D eigenvalue weighted by molar-refractivity contribution is -0.159. The van der Waals surface area contributed by atoms with Gasteiger partial charge in [0, 0.05) is 6.42 Å². The fourth-order valence-corrected chi connectivity index (χ4v) is 3.27. The van der Waals surface area contributed by atoms with Gasteiger partial charge < -0.3 is 4.74 Å². The monoisotopic (exact) mass is 292 g/mol. The number of rotatable bonds is 5. The van der Waals surface area contributed by atoms with E-state index in [0.29, 0.717) is 12.8 Å². The number of ether oxygens (including phenoxy) is 1. The lowest BCUT2D eigenvalue weighted by Crippen LogP contribution is -2.36. The molecule has 1 aromatic carbocycles. The van der Waals surface area contributed by atoms with Crippen LogP contribution >= 0.6 is 11.8 Å². The predicted octanol–water partition coefficient (Wildman–Crippen LogP) is 3.22. The minimum atomic E-state index is -0.261. The van der Waals surface area contributed by atoms with Gasteiger partial charge in [-0.3, -0.25) is 9.59 Å². The highest BCUT2D eigenvalue weighted by atomic mass is 32.2. The summed E-state index contributed by atoms with van der Waals surface area (Å²) in [6.45, 7) is 1.97. The zero-order chi connectivity index (χ0) is 14.4. The molecule has 1 aliphatic rings. The molecule has 0 aromatic heterocycles. The number of aryl methyl sites for hydroxylation is 1. The second-order valence-corrected chi connectivity index (χ2v) is 6.22. The molecule has 108 valence electrons. The first-order chi connectivity index (χ1) is 9.70. The summed E-state index contributed by atoms with van der Waals surface area (Å²) in [5.41, 5.74) is 1.21. The molecule has 0 saturated carbocycles. The van der Waals surface area contributed by atoms with Gasteiger partial charge in [0.2, 0.25) is 0 Å². The van der Waals surface area contributed by atoms with E-state index in [-0.39, 0.29) is 23.1 Å². The van der Waals surface area contributed by atoms with Gasteiger partial charge in [-0.2, -0.15) is 0 Å². The Morgan fingerprint density at radius 3 is 2.80 bits per heavy atom. The molecule has 1 aromatic rings. The van der Waals surface area contributed by atoms with Crippen LogP contribution in [-0.4, -0.2) is 22.9 Å². The van der Waals surface area contributed by atoms with Crippen molar-refractivity contribution in [1.82, 2.24) is 0 Å². The Balaban J connectivity index is 1.97. The smallest absolute Gasteiger partial charge is 0.306 e. The van der Waals surface area contributed by atoms with Crippen LogP contribution in [0.1, 0.15) is 31.7 Å². The van der Waals surface area contributed by atoms with E-state index >= 15 is 0 Å². The van der Waals surface area contributed by atoms with Crippen LogP contribution in [0.15, 0.2) is 30.3 Å². The second-order valence-electron chi connectivity index (χ2n) is 4.95. The van der Waals surface area contributed by atoms with Crippen LogP contribution in [-0.2, 0) is 20.7 Å². The molecule has 2 atom stereocenters. The number of hydrogen-bond donors (Lipinski definition) is 0. The zero-order valence-electron chi connectivity index (χ0n) is 11.7. The van der Waals surface area contributed by atoms with E-state index in [2.05, 4.69) is 12.1 Å². The maximum atomic E-state index is 12.1. The lowest BCUT2D eigenvalue weighted by atomic mass is 9.91. The Morgan fingerprint density at radius 2 is 2.10 bits per heavy atom. The molecule has 2 rings (SSSR count). The van der Waals surface area contributed by atoms with Gasteiger partial charge in [0.25, 0.3) is 0 Å². The molecule has 1 heterocycles. The van der Waals surface area contributed by atoms with E-state index in [1.54, 1.807) is 0 Å². The summed E-state index contributed by atoms with van der Waals surface area (Å²) < 4.78 is 5.42. The molecular formula is C16H20O3S. The van der Waals surface area contributed by atoms with Crippen molar-refractivity contribution in [3.05, 3.63) is 35.9 Å². The van der Waals surface area contributed by atoms with Crippen LogP contribution in [0.25, 0.3) is 0 Å². The molecular weight excluding hydrogens is 272 g/mol. The standard InChI is InChI=1S/C16H20O3S/c1-2-20-16(18)13-9-11-15(17)19-14(13)10-8-12-6-4-3-5-7-12/h3-7,13-14H,2,8-11H2,1H3/t13-,14-/m1/s1. The highest BCUT2D eigenvalue weighted by molar-refractivity contribution is 8.13. The van der Waals surface area contributed by atoms with Crippen LogP contribution in [0.3, 0.4) is 0 Å². The molecule has 0 amide bonds. The number of cyclic esters (lactones) is 1. The summed E-state index contributed by atoms with van der Waals surface area (Å²) in [5, 5.41) is 0.165. The Labute approximate surface area is 124 Å². The minimum Gasteiger partial charge on any atom is -0.462 e. The molecule has 20 heavy (non-hydrogen) atoms. The fourth-order valence-electron chi connectivity index (χ4n) is 2.50. The number of benzene rings is 1. The van der Waals surface area contributed by atoms with Gasteiger partial charge in [-0.15, -0.1) is 0 Å². The van der Waals surface area contributed by atoms with Gasteiger partial charge in [-0.05, 0) is 30.6 Å². The van der Waals surface area contributed by atoms with Crippen molar-refractivity contribution < 1.29 is 14.3 Å². The quantitative estimate of drug-likeness (QED) is 0.782. The minimum absolute atomic E-state index is 0.138. The van der Waals surface area contributed by atoms with Crippen molar-refractivity contribution in [3.63, 3.8) is 0 Å². The summed E-state index contributed by atoms with van der Waals surface area (Å²) in [6.07, 6.45) is 2.28. The number of carbonyl (C=O) groups excluding carboxylic acids is 2.